The second-order valence-electron chi connectivity index (χ2n) is 5.47. The number of aliphatic hydroxyl groups is 1. The molecule has 3 nitrogen and oxygen atoms in total. The first kappa shape index (κ1) is 13.1. The Labute approximate surface area is 119 Å². The molecule has 1 aromatic carbocycles. The Morgan fingerprint density at radius 3 is 2.65 bits per heavy atom. The lowest BCUT2D eigenvalue weighted by Crippen LogP contribution is -2.20. The van der Waals surface area contributed by atoms with Crippen molar-refractivity contribution >= 4 is 5.82 Å². The van der Waals surface area contributed by atoms with Gasteiger partial charge in [-0.15, -0.1) is 0 Å². The van der Waals surface area contributed by atoms with Crippen LogP contribution < -0.4 is 4.90 Å². The van der Waals surface area contributed by atoms with Crippen molar-refractivity contribution in [1.29, 1.82) is 0 Å². The summed E-state index contributed by atoms with van der Waals surface area (Å²) >= 11 is 0. The van der Waals surface area contributed by atoms with Gasteiger partial charge in [-0.1, -0.05) is 36.4 Å². The summed E-state index contributed by atoms with van der Waals surface area (Å²) in [5, 5.41) is 9.52. The van der Waals surface area contributed by atoms with Crippen LogP contribution in [-0.4, -0.2) is 23.2 Å². The van der Waals surface area contributed by atoms with Crippen LogP contribution in [0.5, 0.6) is 0 Å². The van der Waals surface area contributed by atoms with Gasteiger partial charge in [0.1, 0.15) is 5.82 Å². The Balaban J connectivity index is 1.71. The molecule has 1 N–H and O–H groups in total. The topological polar surface area (TPSA) is 36.4 Å². The van der Waals surface area contributed by atoms with Gasteiger partial charge in [-0.25, -0.2) is 4.98 Å². The Hall–Kier alpha value is -1.87. The van der Waals surface area contributed by atoms with Crippen molar-refractivity contribution in [2.75, 3.05) is 18.0 Å². The molecule has 0 bridgehead atoms. The SMILES string of the molecule is CC(O)c1ccc(N2CCC(c3ccccc3)C2)nc1. The maximum Gasteiger partial charge on any atom is 0.128 e. The smallest absolute Gasteiger partial charge is 0.128 e. The third-order valence-electron chi connectivity index (χ3n) is 4.04. The highest BCUT2D eigenvalue weighted by Gasteiger charge is 2.24. The molecule has 1 aliphatic rings. The van der Waals surface area contributed by atoms with Gasteiger partial charge < -0.3 is 10.0 Å². The lowest BCUT2D eigenvalue weighted by atomic mass is 9.99. The number of aromatic nitrogens is 1. The first-order chi connectivity index (χ1) is 9.74. The molecule has 1 saturated heterocycles. The zero-order valence-electron chi connectivity index (χ0n) is 11.7. The van der Waals surface area contributed by atoms with Gasteiger partial charge in [-0.05, 0) is 30.5 Å². The minimum absolute atomic E-state index is 0.452. The average Bonchev–Trinajstić information content (AvgIpc) is 2.98. The number of rotatable bonds is 3. The van der Waals surface area contributed by atoms with E-state index in [1.165, 1.54) is 12.0 Å². The van der Waals surface area contributed by atoms with E-state index in [2.05, 4.69) is 40.2 Å². The summed E-state index contributed by atoms with van der Waals surface area (Å²) in [6.45, 7) is 3.82. The quantitative estimate of drug-likeness (QED) is 0.929. The van der Waals surface area contributed by atoms with Crippen LogP contribution in [0.4, 0.5) is 5.82 Å². The number of hydrogen-bond donors (Lipinski definition) is 1. The molecule has 2 atom stereocenters. The van der Waals surface area contributed by atoms with E-state index < -0.39 is 6.10 Å². The van der Waals surface area contributed by atoms with Gasteiger partial charge in [0.25, 0.3) is 0 Å². The largest absolute Gasteiger partial charge is 0.389 e. The number of benzene rings is 1. The van der Waals surface area contributed by atoms with Crippen molar-refractivity contribution in [2.45, 2.75) is 25.4 Å². The number of aliphatic hydroxyl groups excluding tert-OH is 1. The third-order valence-corrected chi connectivity index (χ3v) is 4.04. The van der Waals surface area contributed by atoms with Crippen LogP contribution in [0.3, 0.4) is 0 Å². The minimum atomic E-state index is -0.452. The number of anilines is 1. The molecule has 20 heavy (non-hydrogen) atoms. The third kappa shape index (κ3) is 2.68. The van der Waals surface area contributed by atoms with Gasteiger partial charge in [0.15, 0.2) is 0 Å². The molecule has 3 heteroatoms. The van der Waals surface area contributed by atoms with E-state index in [4.69, 9.17) is 0 Å². The van der Waals surface area contributed by atoms with Crippen LogP contribution in [0.15, 0.2) is 48.7 Å². The Morgan fingerprint density at radius 1 is 1.20 bits per heavy atom. The van der Waals surface area contributed by atoms with Gasteiger partial charge in [0.2, 0.25) is 0 Å². The molecule has 1 aliphatic heterocycles. The summed E-state index contributed by atoms with van der Waals surface area (Å²) in [6, 6.07) is 14.7. The first-order valence-electron chi connectivity index (χ1n) is 7.18. The second-order valence-corrected chi connectivity index (χ2v) is 5.47. The van der Waals surface area contributed by atoms with E-state index in [1.54, 1.807) is 13.1 Å². The Bertz CT molecular complexity index is 551. The van der Waals surface area contributed by atoms with E-state index in [0.29, 0.717) is 5.92 Å². The van der Waals surface area contributed by atoms with Crippen LogP contribution >= 0.6 is 0 Å². The monoisotopic (exact) mass is 268 g/mol. The minimum Gasteiger partial charge on any atom is -0.389 e. The summed E-state index contributed by atoms with van der Waals surface area (Å²) in [5.74, 6) is 1.60. The van der Waals surface area contributed by atoms with Crippen molar-refractivity contribution in [3.8, 4) is 0 Å². The molecule has 1 aromatic heterocycles. The second kappa shape index (κ2) is 5.63. The van der Waals surface area contributed by atoms with E-state index >= 15 is 0 Å². The summed E-state index contributed by atoms with van der Waals surface area (Å²) in [7, 11) is 0. The van der Waals surface area contributed by atoms with E-state index in [1.807, 2.05) is 12.1 Å². The highest BCUT2D eigenvalue weighted by Crippen LogP contribution is 2.29. The van der Waals surface area contributed by atoms with Crippen LogP contribution in [0.1, 0.15) is 36.5 Å². The molecule has 0 aliphatic carbocycles. The van der Waals surface area contributed by atoms with E-state index in [0.717, 1.165) is 24.5 Å². The molecule has 3 rings (SSSR count). The molecular weight excluding hydrogens is 248 g/mol. The van der Waals surface area contributed by atoms with Gasteiger partial charge in [0.05, 0.1) is 6.10 Å². The highest BCUT2D eigenvalue weighted by atomic mass is 16.3. The van der Waals surface area contributed by atoms with Crippen LogP contribution in [0.25, 0.3) is 0 Å². The van der Waals surface area contributed by atoms with E-state index in [9.17, 15) is 5.11 Å². The van der Waals surface area contributed by atoms with Gasteiger partial charge >= 0.3 is 0 Å². The normalized spacial score (nSPS) is 20.1. The first-order valence-corrected chi connectivity index (χ1v) is 7.18. The zero-order valence-corrected chi connectivity index (χ0v) is 11.7. The summed E-state index contributed by atoms with van der Waals surface area (Å²) in [5.41, 5.74) is 2.28. The fourth-order valence-electron chi connectivity index (χ4n) is 2.80. The van der Waals surface area contributed by atoms with E-state index in [-0.39, 0.29) is 0 Å². The van der Waals surface area contributed by atoms with Gasteiger partial charge in [-0.2, -0.15) is 0 Å². The fourth-order valence-corrected chi connectivity index (χ4v) is 2.80. The van der Waals surface area contributed by atoms with Crippen molar-refractivity contribution in [3.63, 3.8) is 0 Å². The fraction of sp³-hybridized carbons (Fsp3) is 0.353. The summed E-state index contributed by atoms with van der Waals surface area (Å²) in [4.78, 5) is 6.80. The molecule has 0 radical (unpaired) electrons. The Kier molecular flexibility index (Phi) is 3.70. The molecule has 2 aromatic rings. The highest BCUT2D eigenvalue weighted by molar-refractivity contribution is 5.42. The predicted octanol–water partition coefficient (Wildman–Crippen LogP) is 3.13. The lowest BCUT2D eigenvalue weighted by Gasteiger charge is -2.18. The maximum absolute atomic E-state index is 9.52. The van der Waals surface area contributed by atoms with Crippen molar-refractivity contribution in [3.05, 3.63) is 59.8 Å². The molecule has 0 spiro atoms. The van der Waals surface area contributed by atoms with Gasteiger partial charge in [-0.3, -0.25) is 0 Å². The molecule has 104 valence electrons. The maximum atomic E-state index is 9.52. The lowest BCUT2D eigenvalue weighted by molar-refractivity contribution is 0.199. The average molecular weight is 268 g/mol. The molecule has 0 amide bonds. The molecule has 2 unspecified atom stereocenters. The van der Waals surface area contributed by atoms with Crippen LogP contribution in [0.2, 0.25) is 0 Å². The Morgan fingerprint density at radius 2 is 2.00 bits per heavy atom. The number of pyridine rings is 1. The summed E-state index contributed by atoms with van der Waals surface area (Å²) < 4.78 is 0. The van der Waals surface area contributed by atoms with Crippen molar-refractivity contribution < 1.29 is 5.11 Å². The number of nitrogens with zero attached hydrogens (tertiary/aromatic N) is 2. The number of hydrogen-bond acceptors (Lipinski definition) is 3. The van der Waals surface area contributed by atoms with Crippen molar-refractivity contribution in [1.82, 2.24) is 4.98 Å². The van der Waals surface area contributed by atoms with Crippen LogP contribution in [-0.2, 0) is 0 Å². The van der Waals surface area contributed by atoms with Crippen molar-refractivity contribution in [2.24, 2.45) is 0 Å². The molecular formula is C17H20N2O. The van der Waals surface area contributed by atoms with Gasteiger partial charge in [0, 0.05) is 25.2 Å². The van der Waals surface area contributed by atoms with Crippen LogP contribution in [0, 0.1) is 0 Å². The molecule has 1 fully saturated rings. The molecule has 2 heterocycles. The summed E-state index contributed by atoms with van der Waals surface area (Å²) in [6.07, 6.45) is 2.49. The molecule has 0 saturated carbocycles. The zero-order chi connectivity index (χ0) is 13.9. The predicted molar refractivity (Wildman–Crippen MR) is 80.9 cm³/mol. The standard InChI is InChI=1S/C17H20N2O/c1-13(20)15-7-8-17(18-11-15)19-10-9-16(12-19)14-5-3-2-4-6-14/h2-8,11,13,16,20H,9-10,12H2,1H3.